The molecule has 2 rings (SSSR count). The van der Waals surface area contributed by atoms with Crippen molar-refractivity contribution in [3.05, 3.63) is 59.7 Å². The molecule has 0 N–H and O–H groups in total. The highest BCUT2D eigenvalue weighted by atomic mass is 14.7. The molecule has 15 heavy (non-hydrogen) atoms. The Hall–Kier alpha value is -1.70. The molecule has 0 amide bonds. The minimum Gasteiger partial charge on any atom is -0.262 e. The lowest BCUT2D eigenvalue weighted by atomic mass is 10.2. The van der Waals surface area contributed by atoms with Gasteiger partial charge >= 0.3 is 0 Å². The summed E-state index contributed by atoms with van der Waals surface area (Å²) in [4.78, 5) is 8.06. The van der Waals surface area contributed by atoms with Crippen LogP contribution in [0.15, 0.2) is 42.7 Å². The standard InChI is InChI=1S/C7H9N.C6H7N/c1-6-4-3-5-8-7(6)2;1-6-4-2-3-5-7-6/h3-5H,1-2H3;2-5H,1H3. The first-order valence-corrected chi connectivity index (χ1v) is 4.96. The van der Waals surface area contributed by atoms with Crippen LogP contribution in [0.2, 0.25) is 0 Å². The second kappa shape index (κ2) is 5.91. The quantitative estimate of drug-likeness (QED) is 0.653. The van der Waals surface area contributed by atoms with Crippen LogP contribution in [-0.2, 0) is 0 Å². The Morgan fingerprint density at radius 2 is 1.53 bits per heavy atom. The zero-order valence-electron chi connectivity index (χ0n) is 9.44. The van der Waals surface area contributed by atoms with Gasteiger partial charge in [-0.1, -0.05) is 12.1 Å². The van der Waals surface area contributed by atoms with Gasteiger partial charge in [0.2, 0.25) is 0 Å². The molecule has 2 aromatic heterocycles. The molecular weight excluding hydrogens is 184 g/mol. The highest BCUT2D eigenvalue weighted by Gasteiger charge is 1.85. The number of hydrogen-bond donors (Lipinski definition) is 0. The second-order valence-electron chi connectivity index (χ2n) is 3.38. The number of rotatable bonds is 0. The monoisotopic (exact) mass is 200 g/mol. The molecule has 0 aromatic carbocycles. The van der Waals surface area contributed by atoms with Gasteiger partial charge in [-0.25, -0.2) is 0 Å². The van der Waals surface area contributed by atoms with Crippen LogP contribution in [0.1, 0.15) is 17.0 Å². The molecule has 2 aromatic rings. The maximum absolute atomic E-state index is 4.08. The summed E-state index contributed by atoms with van der Waals surface area (Å²) >= 11 is 0. The SMILES string of the molecule is Cc1ccccn1.Cc1cccnc1C. The van der Waals surface area contributed by atoms with Crippen molar-refractivity contribution < 1.29 is 0 Å². The fraction of sp³-hybridized carbons (Fsp3) is 0.231. The molecule has 2 heteroatoms. The molecule has 0 spiro atoms. The summed E-state index contributed by atoms with van der Waals surface area (Å²) in [6.07, 6.45) is 3.59. The summed E-state index contributed by atoms with van der Waals surface area (Å²) in [6, 6.07) is 9.86. The van der Waals surface area contributed by atoms with Gasteiger partial charge in [0, 0.05) is 23.8 Å². The zero-order valence-corrected chi connectivity index (χ0v) is 9.44. The van der Waals surface area contributed by atoms with E-state index in [9.17, 15) is 0 Å². The van der Waals surface area contributed by atoms with Crippen LogP contribution in [0, 0.1) is 20.8 Å². The van der Waals surface area contributed by atoms with Gasteiger partial charge in [-0.3, -0.25) is 9.97 Å². The highest BCUT2D eigenvalue weighted by molar-refractivity contribution is 5.15. The van der Waals surface area contributed by atoms with Gasteiger partial charge in [0.05, 0.1) is 0 Å². The van der Waals surface area contributed by atoms with Crippen molar-refractivity contribution in [2.45, 2.75) is 20.8 Å². The van der Waals surface area contributed by atoms with Gasteiger partial charge in [-0.2, -0.15) is 0 Å². The van der Waals surface area contributed by atoms with Crippen LogP contribution >= 0.6 is 0 Å². The number of hydrogen-bond acceptors (Lipinski definition) is 2. The largest absolute Gasteiger partial charge is 0.262 e. The average Bonchev–Trinajstić information content (AvgIpc) is 2.25. The average molecular weight is 200 g/mol. The predicted molar refractivity (Wildman–Crippen MR) is 62.7 cm³/mol. The first kappa shape index (κ1) is 11.4. The summed E-state index contributed by atoms with van der Waals surface area (Å²) in [6.45, 7) is 6.04. The Bertz CT molecular complexity index is 375. The van der Waals surface area contributed by atoms with Gasteiger partial charge in [-0.05, 0) is 44.5 Å². The first-order chi connectivity index (χ1) is 7.20. The Labute approximate surface area is 91.0 Å². The fourth-order valence-corrected chi connectivity index (χ4v) is 1.01. The second-order valence-corrected chi connectivity index (χ2v) is 3.38. The Kier molecular flexibility index (Phi) is 4.48. The van der Waals surface area contributed by atoms with E-state index in [2.05, 4.69) is 23.0 Å². The number of nitrogens with zero attached hydrogens (tertiary/aromatic N) is 2. The van der Waals surface area contributed by atoms with E-state index in [1.807, 2.05) is 44.3 Å². The van der Waals surface area contributed by atoms with Crippen molar-refractivity contribution in [1.29, 1.82) is 0 Å². The maximum Gasteiger partial charge on any atom is 0.0401 e. The molecular formula is C13H16N2. The van der Waals surface area contributed by atoms with Crippen molar-refractivity contribution in [3.63, 3.8) is 0 Å². The summed E-state index contributed by atoms with van der Waals surface area (Å²) in [5.74, 6) is 0. The van der Waals surface area contributed by atoms with E-state index >= 15 is 0 Å². The van der Waals surface area contributed by atoms with Gasteiger partial charge < -0.3 is 0 Å². The van der Waals surface area contributed by atoms with E-state index in [-0.39, 0.29) is 0 Å². The summed E-state index contributed by atoms with van der Waals surface area (Å²) < 4.78 is 0. The van der Waals surface area contributed by atoms with Gasteiger partial charge in [0.25, 0.3) is 0 Å². The van der Waals surface area contributed by atoms with Crippen LogP contribution in [0.4, 0.5) is 0 Å². The van der Waals surface area contributed by atoms with Crippen LogP contribution in [0.25, 0.3) is 0 Å². The lowest BCUT2D eigenvalue weighted by molar-refractivity contribution is 1.15. The van der Waals surface area contributed by atoms with Crippen LogP contribution in [0.3, 0.4) is 0 Å². The number of aromatic nitrogens is 2. The molecule has 0 aliphatic carbocycles. The third-order valence-electron chi connectivity index (χ3n) is 2.08. The van der Waals surface area contributed by atoms with Crippen molar-refractivity contribution in [3.8, 4) is 0 Å². The lowest BCUT2D eigenvalue weighted by Crippen LogP contribution is -1.81. The van der Waals surface area contributed by atoms with Crippen LogP contribution in [-0.4, -0.2) is 9.97 Å². The third-order valence-corrected chi connectivity index (χ3v) is 2.08. The molecule has 0 radical (unpaired) electrons. The van der Waals surface area contributed by atoms with Crippen LogP contribution in [0.5, 0.6) is 0 Å². The van der Waals surface area contributed by atoms with Crippen molar-refractivity contribution in [2.75, 3.05) is 0 Å². The molecule has 0 unspecified atom stereocenters. The molecule has 2 nitrogen and oxygen atoms in total. The number of pyridine rings is 2. The molecule has 0 bridgehead atoms. The Balaban J connectivity index is 0.000000151. The van der Waals surface area contributed by atoms with E-state index in [4.69, 9.17) is 0 Å². The van der Waals surface area contributed by atoms with E-state index in [1.54, 1.807) is 6.20 Å². The molecule has 0 saturated heterocycles. The molecule has 0 saturated carbocycles. The Morgan fingerprint density at radius 1 is 0.800 bits per heavy atom. The third kappa shape index (κ3) is 4.36. The molecule has 0 aliphatic heterocycles. The van der Waals surface area contributed by atoms with Gasteiger partial charge in [0.1, 0.15) is 0 Å². The molecule has 0 aliphatic rings. The molecule has 78 valence electrons. The topological polar surface area (TPSA) is 25.8 Å². The van der Waals surface area contributed by atoms with Crippen molar-refractivity contribution in [1.82, 2.24) is 9.97 Å². The van der Waals surface area contributed by atoms with E-state index in [1.165, 1.54) is 5.56 Å². The zero-order chi connectivity index (χ0) is 11.1. The Morgan fingerprint density at radius 3 is 1.87 bits per heavy atom. The summed E-state index contributed by atoms with van der Waals surface area (Å²) in [7, 11) is 0. The maximum atomic E-state index is 4.08. The molecule has 0 fully saturated rings. The van der Waals surface area contributed by atoms with E-state index in [0.717, 1.165) is 11.4 Å². The van der Waals surface area contributed by atoms with Crippen molar-refractivity contribution in [2.24, 2.45) is 0 Å². The first-order valence-electron chi connectivity index (χ1n) is 4.96. The minimum absolute atomic E-state index is 1.07. The number of aryl methyl sites for hydroxylation is 3. The van der Waals surface area contributed by atoms with Gasteiger partial charge in [-0.15, -0.1) is 0 Å². The smallest absolute Gasteiger partial charge is 0.0401 e. The molecule has 2 heterocycles. The van der Waals surface area contributed by atoms with Gasteiger partial charge in [0.15, 0.2) is 0 Å². The van der Waals surface area contributed by atoms with E-state index < -0.39 is 0 Å². The predicted octanol–water partition coefficient (Wildman–Crippen LogP) is 3.09. The fourth-order valence-electron chi connectivity index (χ4n) is 1.01. The van der Waals surface area contributed by atoms with E-state index in [0.29, 0.717) is 0 Å². The highest BCUT2D eigenvalue weighted by Crippen LogP contribution is 1.98. The minimum atomic E-state index is 1.07. The summed E-state index contributed by atoms with van der Waals surface area (Å²) in [5, 5.41) is 0. The molecule has 0 atom stereocenters. The van der Waals surface area contributed by atoms with Crippen LogP contribution < -0.4 is 0 Å². The van der Waals surface area contributed by atoms with Crippen molar-refractivity contribution >= 4 is 0 Å². The summed E-state index contributed by atoms with van der Waals surface area (Å²) in [5.41, 5.74) is 3.45. The lowest BCUT2D eigenvalue weighted by Gasteiger charge is -1.92. The normalized spacial score (nSPS) is 9.00.